The van der Waals surface area contributed by atoms with Gasteiger partial charge in [0.2, 0.25) is 5.82 Å². The zero-order chi connectivity index (χ0) is 19.5. The molecule has 0 fully saturated rings. The number of anilines is 2. The highest BCUT2D eigenvalue weighted by Gasteiger charge is 2.25. The molecule has 2 aromatic carbocycles. The monoisotopic (exact) mass is 393 g/mol. The summed E-state index contributed by atoms with van der Waals surface area (Å²) < 4.78 is 5.77. The highest BCUT2D eigenvalue weighted by molar-refractivity contribution is 6.30. The summed E-state index contributed by atoms with van der Waals surface area (Å²) in [6.45, 7) is 0. The van der Waals surface area contributed by atoms with Gasteiger partial charge in [-0.15, -0.1) is 0 Å². The van der Waals surface area contributed by atoms with Crippen LogP contribution in [0.3, 0.4) is 0 Å². The molecular weight excluding hydrogens is 382 g/mol. The summed E-state index contributed by atoms with van der Waals surface area (Å²) in [7, 11) is 0. The number of aromatic nitrogens is 3. The highest BCUT2D eigenvalue weighted by Crippen LogP contribution is 2.37. The van der Waals surface area contributed by atoms with E-state index in [1.807, 2.05) is 12.1 Å². The van der Waals surface area contributed by atoms with Crippen LogP contribution in [0.4, 0.5) is 17.2 Å². The van der Waals surface area contributed by atoms with Gasteiger partial charge in [-0.25, -0.2) is 4.98 Å². The van der Waals surface area contributed by atoms with Crippen molar-refractivity contribution in [1.29, 1.82) is 0 Å². The minimum atomic E-state index is -0.591. The van der Waals surface area contributed by atoms with Crippen LogP contribution in [0.2, 0.25) is 5.02 Å². The zero-order valence-corrected chi connectivity index (χ0v) is 15.0. The van der Waals surface area contributed by atoms with Gasteiger partial charge < -0.3 is 10.1 Å². The summed E-state index contributed by atoms with van der Waals surface area (Å²) in [5.41, 5.74) is 0.777. The molecule has 0 bridgehead atoms. The van der Waals surface area contributed by atoms with E-state index in [9.17, 15) is 10.1 Å². The van der Waals surface area contributed by atoms with Crippen molar-refractivity contribution in [1.82, 2.24) is 15.0 Å². The van der Waals surface area contributed by atoms with Crippen molar-refractivity contribution in [2.45, 2.75) is 0 Å². The molecule has 0 atom stereocenters. The summed E-state index contributed by atoms with van der Waals surface area (Å²) in [6.07, 6.45) is 2.82. The smallest absolute Gasteiger partial charge is 0.373 e. The first-order valence-corrected chi connectivity index (χ1v) is 8.53. The first-order valence-electron chi connectivity index (χ1n) is 8.15. The predicted octanol–water partition coefficient (Wildman–Crippen LogP) is 5.12. The highest BCUT2D eigenvalue weighted by atomic mass is 35.5. The largest absolute Gasteiger partial charge is 0.431 e. The second-order valence-corrected chi connectivity index (χ2v) is 6.13. The van der Waals surface area contributed by atoms with E-state index in [-0.39, 0.29) is 17.4 Å². The first kappa shape index (κ1) is 17.6. The lowest BCUT2D eigenvalue weighted by atomic mass is 10.2. The molecule has 0 unspecified atom stereocenters. The van der Waals surface area contributed by atoms with Gasteiger partial charge in [-0.1, -0.05) is 29.8 Å². The number of nitrogens with zero attached hydrogens (tertiary/aromatic N) is 4. The fourth-order valence-electron chi connectivity index (χ4n) is 2.63. The number of halogens is 1. The Morgan fingerprint density at radius 1 is 1.00 bits per heavy atom. The molecule has 0 spiro atoms. The number of nitro groups is 1. The molecular formula is C19H12ClN5O3. The van der Waals surface area contributed by atoms with Crippen LogP contribution in [-0.2, 0) is 0 Å². The second-order valence-electron chi connectivity index (χ2n) is 5.70. The maximum atomic E-state index is 11.7. The number of rotatable bonds is 5. The van der Waals surface area contributed by atoms with E-state index in [0.29, 0.717) is 22.0 Å². The molecule has 0 aliphatic rings. The average molecular weight is 394 g/mol. The van der Waals surface area contributed by atoms with Crippen LogP contribution in [0, 0.1) is 10.1 Å². The Morgan fingerprint density at radius 2 is 1.79 bits per heavy atom. The van der Waals surface area contributed by atoms with Crippen molar-refractivity contribution in [3.8, 4) is 11.6 Å². The van der Waals surface area contributed by atoms with Crippen LogP contribution in [0.1, 0.15) is 0 Å². The lowest BCUT2D eigenvalue weighted by molar-refractivity contribution is -0.385. The molecule has 9 heteroatoms. The fraction of sp³-hybridized carbons (Fsp3) is 0. The van der Waals surface area contributed by atoms with E-state index in [2.05, 4.69) is 20.3 Å². The molecule has 0 amide bonds. The summed E-state index contributed by atoms with van der Waals surface area (Å²) in [4.78, 5) is 23.3. The maximum Gasteiger partial charge on any atom is 0.373 e. The molecule has 0 aliphatic carbocycles. The van der Waals surface area contributed by atoms with Gasteiger partial charge in [0.05, 0.1) is 4.92 Å². The van der Waals surface area contributed by atoms with Crippen molar-refractivity contribution in [2.24, 2.45) is 0 Å². The van der Waals surface area contributed by atoms with E-state index >= 15 is 0 Å². The molecule has 0 aliphatic heterocycles. The third-order valence-corrected chi connectivity index (χ3v) is 4.13. The maximum absolute atomic E-state index is 11.7. The number of ether oxygens (including phenoxy) is 1. The van der Waals surface area contributed by atoms with Crippen LogP contribution in [0.5, 0.6) is 11.6 Å². The van der Waals surface area contributed by atoms with E-state index in [1.165, 1.54) is 6.33 Å². The fourth-order valence-corrected chi connectivity index (χ4v) is 2.75. The molecule has 0 saturated carbocycles. The number of fused-ring (bicyclic) bond motifs is 1. The Bertz CT molecular complexity index is 1160. The van der Waals surface area contributed by atoms with Crippen molar-refractivity contribution in [2.75, 3.05) is 5.32 Å². The van der Waals surface area contributed by atoms with Crippen LogP contribution >= 0.6 is 11.6 Å². The SMILES string of the molecule is O=[N+]([O-])c1c(Nc2ccc(Cl)cc2)ncnc1Oc1cccc2cccnc12. The molecule has 138 valence electrons. The Hall–Kier alpha value is -3.78. The molecule has 1 N–H and O–H groups in total. The predicted molar refractivity (Wildman–Crippen MR) is 105 cm³/mol. The van der Waals surface area contributed by atoms with Crippen molar-refractivity contribution in [3.05, 3.63) is 82.3 Å². The topological polar surface area (TPSA) is 103 Å². The molecule has 4 aromatic rings. The van der Waals surface area contributed by atoms with Crippen molar-refractivity contribution >= 4 is 39.7 Å². The zero-order valence-electron chi connectivity index (χ0n) is 14.2. The number of benzene rings is 2. The third kappa shape index (κ3) is 3.53. The van der Waals surface area contributed by atoms with Crippen LogP contribution in [0.25, 0.3) is 10.9 Å². The number of para-hydroxylation sites is 1. The summed E-state index contributed by atoms with van der Waals surface area (Å²) in [6, 6.07) is 15.7. The molecule has 2 aromatic heterocycles. The van der Waals surface area contributed by atoms with Crippen LogP contribution < -0.4 is 10.1 Å². The van der Waals surface area contributed by atoms with Gasteiger partial charge in [0.1, 0.15) is 11.8 Å². The molecule has 8 nitrogen and oxygen atoms in total. The Labute approximate surface area is 164 Å². The molecule has 4 rings (SSSR count). The van der Waals surface area contributed by atoms with Crippen molar-refractivity contribution in [3.63, 3.8) is 0 Å². The number of pyridine rings is 1. The van der Waals surface area contributed by atoms with Gasteiger partial charge in [0, 0.05) is 22.3 Å². The molecule has 0 radical (unpaired) electrons. The quantitative estimate of drug-likeness (QED) is 0.370. The number of hydrogen-bond donors (Lipinski definition) is 1. The molecule has 0 saturated heterocycles. The minimum Gasteiger partial charge on any atom is -0.431 e. The second kappa shape index (κ2) is 7.45. The molecule has 2 heterocycles. The van der Waals surface area contributed by atoms with E-state index in [1.54, 1.807) is 48.7 Å². The average Bonchev–Trinajstić information content (AvgIpc) is 2.70. The lowest BCUT2D eigenvalue weighted by Crippen LogP contribution is -2.03. The van der Waals surface area contributed by atoms with Crippen molar-refractivity contribution < 1.29 is 9.66 Å². The summed E-state index contributed by atoms with van der Waals surface area (Å²) in [5, 5.41) is 16.0. The van der Waals surface area contributed by atoms with Gasteiger partial charge >= 0.3 is 11.6 Å². The number of nitrogens with one attached hydrogen (secondary N) is 1. The van der Waals surface area contributed by atoms with Gasteiger partial charge in [-0.3, -0.25) is 15.1 Å². The van der Waals surface area contributed by atoms with Gasteiger partial charge in [0.25, 0.3) is 0 Å². The Kier molecular flexibility index (Phi) is 4.69. The standard InChI is InChI=1S/C19H12ClN5O3/c20-13-6-8-14(9-7-13)24-18-17(25(26)27)19(23-11-22-18)28-15-5-1-3-12-4-2-10-21-16(12)15/h1-11H,(H,22,23,24). The van der Waals surface area contributed by atoms with Crippen LogP contribution in [0.15, 0.2) is 67.1 Å². The summed E-state index contributed by atoms with van der Waals surface area (Å²) in [5.74, 6) is 0.178. The minimum absolute atomic E-state index is 0.00511. The van der Waals surface area contributed by atoms with E-state index in [4.69, 9.17) is 16.3 Å². The Morgan fingerprint density at radius 3 is 2.57 bits per heavy atom. The van der Waals surface area contributed by atoms with Crippen LogP contribution in [-0.4, -0.2) is 19.9 Å². The van der Waals surface area contributed by atoms with Gasteiger partial charge in [-0.2, -0.15) is 4.98 Å². The van der Waals surface area contributed by atoms with E-state index < -0.39 is 4.92 Å². The number of hydrogen-bond acceptors (Lipinski definition) is 7. The van der Waals surface area contributed by atoms with Gasteiger partial charge in [0.15, 0.2) is 5.75 Å². The third-order valence-electron chi connectivity index (χ3n) is 3.88. The lowest BCUT2D eigenvalue weighted by Gasteiger charge is -2.10. The van der Waals surface area contributed by atoms with Gasteiger partial charge in [-0.05, 0) is 36.4 Å². The molecule has 28 heavy (non-hydrogen) atoms. The van der Waals surface area contributed by atoms with E-state index in [0.717, 1.165) is 5.39 Å². The Balaban J connectivity index is 1.74. The normalized spacial score (nSPS) is 10.6. The first-order chi connectivity index (χ1) is 13.6. The summed E-state index contributed by atoms with van der Waals surface area (Å²) >= 11 is 5.87.